The first-order valence-electron chi connectivity index (χ1n) is 10.8. The number of benzene rings is 2. The predicted molar refractivity (Wildman–Crippen MR) is 122 cm³/mol. The van der Waals surface area contributed by atoms with E-state index in [4.69, 9.17) is 4.74 Å². The fourth-order valence-corrected chi connectivity index (χ4v) is 6.00. The van der Waals surface area contributed by atoms with Crippen molar-refractivity contribution in [3.63, 3.8) is 0 Å². The lowest BCUT2D eigenvalue weighted by Crippen LogP contribution is -2.48. The molecule has 0 spiro atoms. The van der Waals surface area contributed by atoms with Gasteiger partial charge < -0.3 is 9.64 Å². The first-order valence-corrected chi connectivity index (χ1v) is 12.6. The normalized spacial score (nSPS) is 19.6. The fourth-order valence-electron chi connectivity index (χ4n) is 4.22. The highest BCUT2D eigenvalue weighted by atomic mass is 32.2. The Morgan fingerprint density at radius 3 is 2.18 bits per heavy atom. The molecule has 2 aromatic rings. The van der Waals surface area contributed by atoms with Crippen molar-refractivity contribution in [3.8, 4) is 0 Å². The van der Waals surface area contributed by atoms with Crippen molar-refractivity contribution in [1.82, 2.24) is 9.80 Å². The second-order valence-corrected chi connectivity index (χ2v) is 10.6. The van der Waals surface area contributed by atoms with Crippen LogP contribution in [-0.4, -0.2) is 79.2 Å². The summed E-state index contributed by atoms with van der Waals surface area (Å²) >= 11 is 0. The SMILES string of the molecule is CN(C(=O)COC(=O)C(Cc1ccccc1)N1C(=O)c2ccccc2C1=O)C1CCS(=O)(=O)C1. The molecule has 2 heterocycles. The maximum Gasteiger partial charge on any atom is 0.330 e. The van der Waals surface area contributed by atoms with Crippen LogP contribution >= 0.6 is 0 Å². The van der Waals surface area contributed by atoms with Crippen LogP contribution in [0.1, 0.15) is 32.7 Å². The monoisotopic (exact) mass is 484 g/mol. The van der Waals surface area contributed by atoms with Crippen LogP contribution in [0.2, 0.25) is 0 Å². The van der Waals surface area contributed by atoms with Crippen molar-refractivity contribution in [1.29, 1.82) is 0 Å². The maximum absolute atomic E-state index is 13.1. The molecule has 4 rings (SSSR count). The summed E-state index contributed by atoms with van der Waals surface area (Å²) in [4.78, 5) is 53.8. The zero-order chi connectivity index (χ0) is 24.5. The number of ether oxygens (including phenoxy) is 1. The Hall–Kier alpha value is -3.53. The Labute approximate surface area is 197 Å². The van der Waals surface area contributed by atoms with Gasteiger partial charge in [-0.3, -0.25) is 19.3 Å². The average molecular weight is 485 g/mol. The maximum atomic E-state index is 13.1. The lowest BCUT2D eigenvalue weighted by Gasteiger charge is -2.26. The number of hydrogen-bond donors (Lipinski definition) is 0. The summed E-state index contributed by atoms with van der Waals surface area (Å²) in [5.41, 5.74) is 1.12. The molecule has 0 bridgehead atoms. The third-order valence-corrected chi connectivity index (χ3v) is 7.92. The molecular formula is C24H24N2O7S. The van der Waals surface area contributed by atoms with Crippen LogP contribution in [0.15, 0.2) is 54.6 Å². The van der Waals surface area contributed by atoms with Crippen LogP contribution < -0.4 is 0 Å². The van der Waals surface area contributed by atoms with Crippen LogP contribution in [-0.2, 0) is 30.6 Å². The molecule has 178 valence electrons. The van der Waals surface area contributed by atoms with E-state index in [-0.39, 0.29) is 29.1 Å². The second-order valence-electron chi connectivity index (χ2n) is 8.40. The Kier molecular flexibility index (Phi) is 6.52. The van der Waals surface area contributed by atoms with Crippen LogP contribution in [0.5, 0.6) is 0 Å². The van der Waals surface area contributed by atoms with Gasteiger partial charge in [0.1, 0.15) is 6.04 Å². The quantitative estimate of drug-likeness (QED) is 0.426. The van der Waals surface area contributed by atoms with E-state index in [1.165, 1.54) is 24.1 Å². The molecule has 2 unspecified atom stereocenters. The summed E-state index contributed by atoms with van der Waals surface area (Å²) in [7, 11) is -1.72. The molecular weight excluding hydrogens is 460 g/mol. The van der Waals surface area contributed by atoms with Crippen molar-refractivity contribution in [2.75, 3.05) is 25.2 Å². The van der Waals surface area contributed by atoms with Crippen molar-refractivity contribution < 1.29 is 32.3 Å². The molecule has 0 aromatic heterocycles. The van der Waals surface area contributed by atoms with Gasteiger partial charge in [-0.05, 0) is 24.1 Å². The molecule has 34 heavy (non-hydrogen) atoms. The van der Waals surface area contributed by atoms with E-state index in [2.05, 4.69) is 0 Å². The number of amides is 3. The van der Waals surface area contributed by atoms with Gasteiger partial charge in [0, 0.05) is 19.5 Å². The first-order chi connectivity index (χ1) is 16.2. The number of imide groups is 1. The molecule has 1 fully saturated rings. The van der Waals surface area contributed by atoms with Crippen molar-refractivity contribution >= 4 is 33.5 Å². The average Bonchev–Trinajstić information content (AvgIpc) is 3.32. The van der Waals surface area contributed by atoms with E-state index in [9.17, 15) is 27.6 Å². The van der Waals surface area contributed by atoms with Gasteiger partial charge in [0.2, 0.25) is 0 Å². The molecule has 2 aromatic carbocycles. The number of carbonyl (C=O) groups excluding carboxylic acids is 4. The van der Waals surface area contributed by atoms with Crippen LogP contribution in [0.4, 0.5) is 0 Å². The summed E-state index contributed by atoms with van der Waals surface area (Å²) in [5.74, 6) is -2.77. The van der Waals surface area contributed by atoms with Gasteiger partial charge in [-0.15, -0.1) is 0 Å². The predicted octanol–water partition coefficient (Wildman–Crippen LogP) is 1.08. The Morgan fingerprint density at radius 1 is 1.03 bits per heavy atom. The van der Waals surface area contributed by atoms with Gasteiger partial charge in [-0.1, -0.05) is 42.5 Å². The lowest BCUT2D eigenvalue weighted by molar-refractivity contribution is -0.155. The summed E-state index contributed by atoms with van der Waals surface area (Å²) in [6.45, 7) is -0.625. The van der Waals surface area contributed by atoms with Gasteiger partial charge >= 0.3 is 5.97 Å². The van der Waals surface area contributed by atoms with Gasteiger partial charge in [0.05, 0.1) is 22.6 Å². The molecule has 0 radical (unpaired) electrons. The number of carbonyl (C=O) groups is 4. The largest absolute Gasteiger partial charge is 0.454 e. The highest BCUT2D eigenvalue weighted by Crippen LogP contribution is 2.26. The zero-order valence-electron chi connectivity index (χ0n) is 18.5. The van der Waals surface area contributed by atoms with Gasteiger partial charge in [-0.2, -0.15) is 0 Å². The number of likely N-dealkylation sites (N-methyl/N-ethyl adjacent to an activating group) is 1. The van der Waals surface area contributed by atoms with E-state index in [1.807, 2.05) is 0 Å². The third-order valence-electron chi connectivity index (χ3n) is 6.17. The number of esters is 1. The lowest BCUT2D eigenvalue weighted by atomic mass is 10.0. The van der Waals surface area contributed by atoms with E-state index >= 15 is 0 Å². The van der Waals surface area contributed by atoms with Crippen LogP contribution in [0.25, 0.3) is 0 Å². The minimum Gasteiger partial charge on any atom is -0.454 e. The highest BCUT2D eigenvalue weighted by Gasteiger charge is 2.43. The van der Waals surface area contributed by atoms with E-state index in [0.717, 1.165) is 4.90 Å². The van der Waals surface area contributed by atoms with Crippen LogP contribution in [0, 0.1) is 0 Å². The number of rotatable bonds is 7. The topological polar surface area (TPSA) is 118 Å². The fraction of sp³-hybridized carbons (Fsp3) is 0.333. The van der Waals surface area contributed by atoms with Crippen molar-refractivity contribution in [2.24, 2.45) is 0 Å². The molecule has 0 N–H and O–H groups in total. The van der Waals surface area contributed by atoms with Crippen molar-refractivity contribution in [3.05, 3.63) is 71.3 Å². The van der Waals surface area contributed by atoms with E-state index in [0.29, 0.717) is 12.0 Å². The molecule has 9 nitrogen and oxygen atoms in total. The molecule has 2 aliphatic rings. The Bertz CT molecular complexity index is 1210. The molecule has 0 saturated carbocycles. The third kappa shape index (κ3) is 4.72. The molecule has 2 atom stereocenters. The van der Waals surface area contributed by atoms with E-state index < -0.39 is 52.2 Å². The smallest absolute Gasteiger partial charge is 0.330 e. The summed E-state index contributed by atoms with van der Waals surface area (Å²) in [5, 5.41) is 0. The Balaban J connectivity index is 1.50. The Morgan fingerprint density at radius 2 is 1.62 bits per heavy atom. The number of hydrogen-bond acceptors (Lipinski definition) is 7. The minimum atomic E-state index is -3.19. The van der Waals surface area contributed by atoms with Gasteiger partial charge in [-0.25, -0.2) is 13.2 Å². The summed E-state index contributed by atoms with van der Waals surface area (Å²) in [6, 6.07) is 13.4. The number of nitrogens with zero attached hydrogens (tertiary/aromatic N) is 2. The first kappa shape index (κ1) is 23.6. The van der Waals surface area contributed by atoms with Gasteiger partial charge in [0.25, 0.3) is 17.7 Å². The van der Waals surface area contributed by atoms with Crippen molar-refractivity contribution in [2.45, 2.75) is 24.9 Å². The zero-order valence-corrected chi connectivity index (χ0v) is 19.4. The summed E-state index contributed by atoms with van der Waals surface area (Å²) < 4.78 is 28.7. The second kappa shape index (κ2) is 9.38. The van der Waals surface area contributed by atoms with Gasteiger partial charge in [0.15, 0.2) is 16.4 Å². The number of fused-ring (bicyclic) bond motifs is 1. The minimum absolute atomic E-state index is 0.00790. The highest BCUT2D eigenvalue weighted by molar-refractivity contribution is 7.91. The molecule has 0 aliphatic carbocycles. The number of sulfone groups is 1. The molecule has 3 amide bonds. The van der Waals surface area contributed by atoms with Crippen LogP contribution in [0.3, 0.4) is 0 Å². The molecule has 1 saturated heterocycles. The molecule has 10 heteroatoms. The van der Waals surface area contributed by atoms with E-state index in [1.54, 1.807) is 42.5 Å². The summed E-state index contributed by atoms with van der Waals surface area (Å²) in [6.07, 6.45) is 0.347. The standard InChI is InChI=1S/C24H24N2O7S/c1-25(17-11-12-34(31,32)15-17)21(27)14-33-24(30)20(13-16-7-3-2-4-8-16)26-22(28)18-9-5-6-10-19(18)23(26)29/h2-10,17,20H,11-15H2,1H3. The molecule has 2 aliphatic heterocycles.